The maximum atomic E-state index is 12.3. The van der Waals surface area contributed by atoms with Crippen molar-refractivity contribution in [2.75, 3.05) is 19.0 Å². The van der Waals surface area contributed by atoms with E-state index in [9.17, 15) is 14.4 Å². The van der Waals surface area contributed by atoms with Crippen LogP contribution in [-0.2, 0) is 9.53 Å². The molecule has 0 spiro atoms. The first-order chi connectivity index (χ1) is 11.9. The highest BCUT2D eigenvalue weighted by molar-refractivity contribution is 7.18. The van der Waals surface area contributed by atoms with Crippen molar-refractivity contribution >= 4 is 45.7 Å². The first kappa shape index (κ1) is 19.0. The number of thiophene rings is 1. The Balaban J connectivity index is 2.02. The van der Waals surface area contributed by atoms with E-state index in [0.29, 0.717) is 20.5 Å². The van der Waals surface area contributed by atoms with Crippen LogP contribution in [0.1, 0.15) is 32.0 Å². The number of amides is 2. The highest BCUT2D eigenvalue weighted by atomic mass is 35.5. The second kappa shape index (κ2) is 8.64. The molecule has 1 heterocycles. The quantitative estimate of drug-likeness (QED) is 0.753. The Morgan fingerprint density at radius 3 is 2.60 bits per heavy atom. The molecule has 0 aliphatic carbocycles. The summed E-state index contributed by atoms with van der Waals surface area (Å²) in [6.07, 6.45) is 0.1000. The van der Waals surface area contributed by atoms with E-state index in [-0.39, 0.29) is 24.8 Å². The van der Waals surface area contributed by atoms with E-state index in [2.05, 4.69) is 15.4 Å². The Morgan fingerprint density at radius 1 is 1.20 bits per heavy atom. The monoisotopic (exact) mass is 380 g/mol. The lowest BCUT2D eigenvalue weighted by Gasteiger charge is -2.04. The number of anilines is 1. The van der Waals surface area contributed by atoms with Gasteiger partial charge in [-0.25, -0.2) is 0 Å². The van der Waals surface area contributed by atoms with Crippen molar-refractivity contribution in [2.45, 2.75) is 13.3 Å². The van der Waals surface area contributed by atoms with Gasteiger partial charge < -0.3 is 15.4 Å². The zero-order valence-corrected chi connectivity index (χ0v) is 15.3. The van der Waals surface area contributed by atoms with E-state index >= 15 is 0 Å². The number of carbonyl (C=O) groups excluding carboxylic acids is 3. The van der Waals surface area contributed by atoms with E-state index in [1.165, 1.54) is 7.11 Å². The van der Waals surface area contributed by atoms with Crippen molar-refractivity contribution in [1.29, 1.82) is 0 Å². The molecule has 2 rings (SSSR count). The summed E-state index contributed by atoms with van der Waals surface area (Å²) in [4.78, 5) is 36.0. The number of halogens is 1. The molecule has 0 radical (unpaired) electrons. The van der Waals surface area contributed by atoms with Crippen LogP contribution in [0, 0.1) is 6.92 Å². The molecule has 0 aliphatic heterocycles. The van der Waals surface area contributed by atoms with E-state index in [1.54, 1.807) is 37.3 Å². The highest BCUT2D eigenvalue weighted by Gasteiger charge is 2.16. The lowest BCUT2D eigenvalue weighted by molar-refractivity contribution is -0.140. The SMILES string of the molecule is COC(=O)CCNC(=O)c1sc(NC(=O)c2ccccc2Cl)cc1C. The Hall–Kier alpha value is -2.38. The van der Waals surface area contributed by atoms with Crippen LogP contribution in [0.15, 0.2) is 30.3 Å². The lowest BCUT2D eigenvalue weighted by atomic mass is 10.2. The van der Waals surface area contributed by atoms with Crippen LogP contribution in [0.25, 0.3) is 0 Å². The van der Waals surface area contributed by atoms with Gasteiger partial charge >= 0.3 is 5.97 Å². The number of hydrogen-bond acceptors (Lipinski definition) is 5. The van der Waals surface area contributed by atoms with Gasteiger partial charge in [-0.15, -0.1) is 11.3 Å². The Morgan fingerprint density at radius 2 is 1.92 bits per heavy atom. The van der Waals surface area contributed by atoms with E-state index in [1.807, 2.05) is 0 Å². The summed E-state index contributed by atoms with van der Waals surface area (Å²) in [5.41, 5.74) is 1.09. The van der Waals surface area contributed by atoms with E-state index in [0.717, 1.165) is 16.9 Å². The second-order valence-corrected chi connectivity index (χ2v) is 6.60. The summed E-state index contributed by atoms with van der Waals surface area (Å²) in [6.45, 7) is 1.96. The van der Waals surface area contributed by atoms with Crippen LogP contribution in [0.3, 0.4) is 0 Å². The number of aryl methyl sites for hydroxylation is 1. The molecule has 0 unspecified atom stereocenters. The topological polar surface area (TPSA) is 84.5 Å². The third-order valence-corrected chi connectivity index (χ3v) is 4.80. The van der Waals surface area contributed by atoms with Crippen molar-refractivity contribution in [3.8, 4) is 0 Å². The molecule has 1 aromatic carbocycles. The van der Waals surface area contributed by atoms with Gasteiger partial charge in [-0.1, -0.05) is 23.7 Å². The maximum absolute atomic E-state index is 12.3. The van der Waals surface area contributed by atoms with Crippen LogP contribution >= 0.6 is 22.9 Å². The Kier molecular flexibility index (Phi) is 6.55. The molecule has 0 aliphatic rings. The van der Waals surface area contributed by atoms with Gasteiger partial charge in [-0.05, 0) is 30.7 Å². The standard InChI is InChI=1S/C17H17ClN2O4S/c1-10-9-13(20-16(22)11-5-3-4-6-12(11)18)25-15(10)17(23)19-8-7-14(21)24-2/h3-6,9H,7-8H2,1-2H3,(H,19,23)(H,20,22). The smallest absolute Gasteiger partial charge is 0.307 e. The highest BCUT2D eigenvalue weighted by Crippen LogP contribution is 2.27. The first-order valence-corrected chi connectivity index (χ1v) is 8.63. The van der Waals surface area contributed by atoms with Crippen molar-refractivity contribution in [3.05, 3.63) is 51.4 Å². The number of hydrogen-bond donors (Lipinski definition) is 2. The van der Waals surface area contributed by atoms with Crippen LogP contribution in [0.2, 0.25) is 5.02 Å². The van der Waals surface area contributed by atoms with Gasteiger partial charge in [0.15, 0.2) is 0 Å². The van der Waals surface area contributed by atoms with Crippen molar-refractivity contribution in [1.82, 2.24) is 5.32 Å². The summed E-state index contributed by atoms with van der Waals surface area (Å²) < 4.78 is 4.52. The summed E-state index contributed by atoms with van der Waals surface area (Å²) >= 11 is 7.17. The van der Waals surface area contributed by atoms with Gasteiger partial charge in [-0.3, -0.25) is 14.4 Å². The predicted molar refractivity (Wildman–Crippen MR) is 97.4 cm³/mol. The summed E-state index contributed by atoms with van der Waals surface area (Å²) in [5, 5.41) is 6.29. The zero-order valence-electron chi connectivity index (χ0n) is 13.7. The van der Waals surface area contributed by atoms with Crippen LogP contribution in [-0.4, -0.2) is 31.4 Å². The minimum absolute atomic E-state index is 0.1000. The number of methoxy groups -OCH3 is 1. The third-order valence-electron chi connectivity index (χ3n) is 3.32. The van der Waals surface area contributed by atoms with Crippen molar-refractivity contribution in [3.63, 3.8) is 0 Å². The number of ether oxygens (including phenoxy) is 1. The molecule has 0 saturated carbocycles. The summed E-state index contributed by atoms with van der Waals surface area (Å²) in [6, 6.07) is 8.44. The van der Waals surface area contributed by atoms with Gasteiger partial charge in [-0.2, -0.15) is 0 Å². The van der Waals surface area contributed by atoms with Gasteiger partial charge in [0, 0.05) is 6.54 Å². The Labute approximate surface area is 154 Å². The number of esters is 1. The van der Waals surface area contributed by atoms with Gasteiger partial charge in [0.1, 0.15) is 0 Å². The van der Waals surface area contributed by atoms with Gasteiger partial charge in [0.25, 0.3) is 11.8 Å². The molecule has 2 aromatic rings. The molecule has 8 heteroatoms. The average molecular weight is 381 g/mol. The molecular weight excluding hydrogens is 364 g/mol. The summed E-state index contributed by atoms with van der Waals surface area (Å²) in [5.74, 6) is -1.04. The second-order valence-electron chi connectivity index (χ2n) is 5.14. The first-order valence-electron chi connectivity index (χ1n) is 7.43. The third kappa shape index (κ3) is 5.04. The number of nitrogens with one attached hydrogen (secondary N) is 2. The minimum Gasteiger partial charge on any atom is -0.469 e. The molecule has 0 saturated heterocycles. The number of carbonyl (C=O) groups is 3. The molecule has 6 nitrogen and oxygen atoms in total. The average Bonchev–Trinajstić information content (AvgIpc) is 2.95. The molecule has 0 atom stereocenters. The molecule has 0 fully saturated rings. The number of benzene rings is 1. The molecule has 1 aromatic heterocycles. The van der Waals surface area contributed by atoms with Crippen molar-refractivity contribution < 1.29 is 19.1 Å². The van der Waals surface area contributed by atoms with Crippen LogP contribution < -0.4 is 10.6 Å². The molecule has 2 N–H and O–H groups in total. The molecule has 25 heavy (non-hydrogen) atoms. The van der Waals surface area contributed by atoms with Crippen LogP contribution in [0.4, 0.5) is 5.00 Å². The lowest BCUT2D eigenvalue weighted by Crippen LogP contribution is -2.26. The predicted octanol–water partition coefficient (Wildman–Crippen LogP) is 3.26. The summed E-state index contributed by atoms with van der Waals surface area (Å²) in [7, 11) is 1.29. The van der Waals surface area contributed by atoms with Crippen molar-refractivity contribution in [2.24, 2.45) is 0 Å². The molecule has 0 bridgehead atoms. The fourth-order valence-electron chi connectivity index (χ4n) is 2.05. The molecular formula is C17H17ClN2O4S. The molecule has 132 valence electrons. The molecule has 2 amide bonds. The Bertz CT molecular complexity index is 804. The van der Waals surface area contributed by atoms with Crippen LogP contribution in [0.5, 0.6) is 0 Å². The fraction of sp³-hybridized carbons (Fsp3) is 0.235. The van der Waals surface area contributed by atoms with E-state index < -0.39 is 5.97 Å². The zero-order chi connectivity index (χ0) is 18.4. The number of rotatable bonds is 6. The maximum Gasteiger partial charge on any atom is 0.307 e. The fourth-order valence-corrected chi connectivity index (χ4v) is 3.26. The van der Waals surface area contributed by atoms with E-state index in [4.69, 9.17) is 11.6 Å². The van der Waals surface area contributed by atoms with Gasteiger partial charge in [0.2, 0.25) is 0 Å². The van der Waals surface area contributed by atoms with Gasteiger partial charge in [0.05, 0.1) is 34.0 Å². The minimum atomic E-state index is -0.393. The largest absolute Gasteiger partial charge is 0.469 e. The normalized spacial score (nSPS) is 10.2.